The third kappa shape index (κ3) is 5.20. The van der Waals surface area contributed by atoms with Crippen molar-refractivity contribution in [3.63, 3.8) is 0 Å². The summed E-state index contributed by atoms with van der Waals surface area (Å²) in [5.74, 6) is 0.498. The lowest BCUT2D eigenvalue weighted by Gasteiger charge is -2.36. The molecule has 1 aliphatic rings. The minimum absolute atomic E-state index is 0.0781. The Morgan fingerprint density at radius 2 is 1.74 bits per heavy atom. The summed E-state index contributed by atoms with van der Waals surface area (Å²) in [7, 11) is -1.69. The van der Waals surface area contributed by atoms with Crippen LogP contribution >= 0.6 is 0 Å². The molecule has 0 amide bonds. The number of nitrogens with zero attached hydrogens (tertiary/aromatic N) is 2. The predicted molar refractivity (Wildman–Crippen MR) is 105 cm³/mol. The van der Waals surface area contributed by atoms with Crippen LogP contribution in [0.25, 0.3) is 0 Å². The van der Waals surface area contributed by atoms with Crippen LogP contribution in [0.5, 0.6) is 5.75 Å². The molecule has 7 heteroatoms. The highest BCUT2D eigenvalue weighted by atomic mass is 32.2. The van der Waals surface area contributed by atoms with Crippen molar-refractivity contribution in [2.45, 2.75) is 11.3 Å². The number of rotatable bonds is 7. The maximum Gasteiger partial charge on any atom is 0.178 e. The summed E-state index contributed by atoms with van der Waals surface area (Å²) in [6.07, 6.45) is 0.568. The lowest BCUT2D eigenvalue weighted by atomic mass is 10.2. The van der Waals surface area contributed by atoms with Crippen LogP contribution in [-0.2, 0) is 9.84 Å². The van der Waals surface area contributed by atoms with Crippen molar-refractivity contribution in [2.75, 3.05) is 50.5 Å². The van der Waals surface area contributed by atoms with Crippen molar-refractivity contribution >= 4 is 15.5 Å². The van der Waals surface area contributed by atoms with Gasteiger partial charge in [0.15, 0.2) is 9.84 Å². The molecule has 2 aromatic carbocycles. The van der Waals surface area contributed by atoms with Crippen LogP contribution in [0.2, 0.25) is 0 Å². The van der Waals surface area contributed by atoms with E-state index in [1.165, 1.54) is 24.3 Å². The molecular weight excluding hydrogens is 367 g/mol. The topological polar surface area (TPSA) is 49.9 Å². The van der Waals surface area contributed by atoms with E-state index in [-0.39, 0.29) is 10.6 Å². The van der Waals surface area contributed by atoms with E-state index >= 15 is 0 Å². The number of methoxy groups -OCH3 is 1. The van der Waals surface area contributed by atoms with E-state index in [1.807, 2.05) is 18.2 Å². The lowest BCUT2D eigenvalue weighted by Crippen LogP contribution is -2.46. The van der Waals surface area contributed by atoms with Crippen LogP contribution in [0.1, 0.15) is 6.42 Å². The van der Waals surface area contributed by atoms with E-state index in [1.54, 1.807) is 7.11 Å². The van der Waals surface area contributed by atoms with E-state index in [9.17, 15) is 12.8 Å². The fourth-order valence-electron chi connectivity index (χ4n) is 3.27. The lowest BCUT2D eigenvalue weighted by molar-refractivity contribution is 0.258. The standard InChI is InChI=1S/C20H25FN2O3S/c1-26-19-5-2-4-18(16-19)23-13-11-22(12-14-23)10-3-15-27(24,25)20-8-6-17(21)7-9-20/h2,4-9,16H,3,10-15H2,1H3. The molecule has 0 saturated carbocycles. The Hall–Kier alpha value is -2.12. The first-order chi connectivity index (χ1) is 13.0. The maximum atomic E-state index is 13.0. The van der Waals surface area contributed by atoms with Crippen LogP contribution in [0, 0.1) is 5.82 Å². The van der Waals surface area contributed by atoms with Gasteiger partial charge in [0.05, 0.1) is 17.8 Å². The summed E-state index contributed by atoms with van der Waals surface area (Å²) in [4.78, 5) is 4.79. The van der Waals surface area contributed by atoms with Crippen molar-refractivity contribution in [3.8, 4) is 5.75 Å². The first-order valence-electron chi connectivity index (χ1n) is 9.07. The molecule has 146 valence electrons. The van der Waals surface area contributed by atoms with Gasteiger partial charge in [0.1, 0.15) is 11.6 Å². The Labute approximate surface area is 160 Å². The quantitative estimate of drug-likeness (QED) is 0.678. The van der Waals surface area contributed by atoms with Crippen LogP contribution in [-0.4, -0.2) is 58.9 Å². The molecular formula is C20H25FN2O3S. The number of piperazine rings is 1. The molecule has 2 aromatic rings. The average molecular weight is 392 g/mol. The van der Waals surface area contributed by atoms with Crippen LogP contribution in [0.4, 0.5) is 10.1 Å². The Morgan fingerprint density at radius 1 is 1.04 bits per heavy atom. The fourth-order valence-corrected chi connectivity index (χ4v) is 4.57. The molecule has 0 aliphatic carbocycles. The molecule has 1 fully saturated rings. The number of ether oxygens (including phenoxy) is 1. The molecule has 0 unspecified atom stereocenters. The average Bonchev–Trinajstić information content (AvgIpc) is 2.69. The van der Waals surface area contributed by atoms with Crippen molar-refractivity contribution in [3.05, 3.63) is 54.3 Å². The molecule has 27 heavy (non-hydrogen) atoms. The van der Waals surface area contributed by atoms with Gasteiger partial charge in [-0.25, -0.2) is 12.8 Å². The van der Waals surface area contributed by atoms with Gasteiger partial charge in [0, 0.05) is 37.9 Å². The molecule has 1 aliphatic heterocycles. The monoisotopic (exact) mass is 392 g/mol. The second-order valence-corrected chi connectivity index (χ2v) is 8.77. The molecule has 0 atom stereocenters. The molecule has 0 N–H and O–H groups in total. The van der Waals surface area contributed by atoms with Crippen LogP contribution in [0.3, 0.4) is 0 Å². The highest BCUT2D eigenvalue weighted by molar-refractivity contribution is 7.91. The van der Waals surface area contributed by atoms with E-state index < -0.39 is 15.7 Å². The molecule has 1 heterocycles. The van der Waals surface area contributed by atoms with Gasteiger partial charge >= 0.3 is 0 Å². The van der Waals surface area contributed by atoms with Crippen LogP contribution in [0.15, 0.2) is 53.4 Å². The summed E-state index contributed by atoms with van der Waals surface area (Å²) in [6.45, 7) is 4.34. The minimum Gasteiger partial charge on any atom is -0.497 e. The van der Waals surface area contributed by atoms with E-state index in [0.717, 1.165) is 44.2 Å². The molecule has 5 nitrogen and oxygen atoms in total. The number of benzene rings is 2. The second-order valence-electron chi connectivity index (χ2n) is 6.66. The largest absolute Gasteiger partial charge is 0.497 e. The van der Waals surface area contributed by atoms with Gasteiger partial charge in [-0.15, -0.1) is 0 Å². The van der Waals surface area contributed by atoms with Crippen LogP contribution < -0.4 is 9.64 Å². The van der Waals surface area contributed by atoms with Gasteiger partial charge in [-0.05, 0) is 49.4 Å². The van der Waals surface area contributed by atoms with E-state index in [2.05, 4.69) is 15.9 Å². The molecule has 3 rings (SSSR count). The zero-order valence-corrected chi connectivity index (χ0v) is 16.3. The number of halogens is 1. The highest BCUT2D eigenvalue weighted by Gasteiger charge is 2.19. The molecule has 0 spiro atoms. The zero-order chi connectivity index (χ0) is 19.3. The normalized spacial score (nSPS) is 15.7. The Kier molecular flexibility index (Phi) is 6.34. The van der Waals surface area contributed by atoms with Gasteiger partial charge in [-0.2, -0.15) is 0 Å². The van der Waals surface area contributed by atoms with Crippen molar-refractivity contribution < 1.29 is 17.5 Å². The third-order valence-electron chi connectivity index (χ3n) is 4.85. The maximum absolute atomic E-state index is 13.0. The predicted octanol–water partition coefficient (Wildman–Crippen LogP) is 2.82. The summed E-state index contributed by atoms with van der Waals surface area (Å²) >= 11 is 0. The highest BCUT2D eigenvalue weighted by Crippen LogP contribution is 2.22. The number of anilines is 1. The summed E-state index contributed by atoms with van der Waals surface area (Å²) < 4.78 is 42.9. The third-order valence-corrected chi connectivity index (χ3v) is 6.67. The SMILES string of the molecule is COc1cccc(N2CCN(CCCS(=O)(=O)c3ccc(F)cc3)CC2)c1. The van der Waals surface area contributed by atoms with Gasteiger partial charge in [-0.1, -0.05) is 6.07 Å². The molecule has 1 saturated heterocycles. The van der Waals surface area contributed by atoms with Gasteiger partial charge in [0.25, 0.3) is 0 Å². The smallest absolute Gasteiger partial charge is 0.178 e. The Morgan fingerprint density at radius 3 is 2.41 bits per heavy atom. The summed E-state index contributed by atoms with van der Waals surface area (Å²) in [6, 6.07) is 13.1. The second kappa shape index (κ2) is 8.71. The first kappa shape index (κ1) is 19.6. The number of sulfone groups is 1. The number of hydrogen-bond acceptors (Lipinski definition) is 5. The molecule has 0 bridgehead atoms. The van der Waals surface area contributed by atoms with E-state index in [4.69, 9.17) is 4.74 Å². The molecule has 0 aromatic heterocycles. The first-order valence-corrected chi connectivity index (χ1v) is 10.7. The fraction of sp³-hybridized carbons (Fsp3) is 0.400. The van der Waals surface area contributed by atoms with E-state index in [0.29, 0.717) is 6.42 Å². The minimum atomic E-state index is -3.36. The van der Waals surface area contributed by atoms with Crippen molar-refractivity contribution in [1.82, 2.24) is 4.90 Å². The van der Waals surface area contributed by atoms with Gasteiger partial charge in [0.2, 0.25) is 0 Å². The van der Waals surface area contributed by atoms with Crippen molar-refractivity contribution in [2.24, 2.45) is 0 Å². The van der Waals surface area contributed by atoms with Crippen molar-refractivity contribution in [1.29, 1.82) is 0 Å². The van der Waals surface area contributed by atoms with Gasteiger partial charge < -0.3 is 9.64 Å². The van der Waals surface area contributed by atoms with Gasteiger partial charge in [-0.3, -0.25) is 4.90 Å². The number of hydrogen-bond donors (Lipinski definition) is 0. The summed E-state index contributed by atoms with van der Waals surface area (Å²) in [5.41, 5.74) is 1.15. The Balaban J connectivity index is 1.46. The summed E-state index contributed by atoms with van der Waals surface area (Å²) in [5, 5.41) is 0. The Bertz CT molecular complexity index is 848. The zero-order valence-electron chi connectivity index (χ0n) is 15.5. The molecule has 0 radical (unpaired) electrons.